The lowest BCUT2D eigenvalue weighted by Gasteiger charge is -2.35. The zero-order chi connectivity index (χ0) is 19.1. The summed E-state index contributed by atoms with van der Waals surface area (Å²) in [5.74, 6) is -0.0405. The van der Waals surface area contributed by atoms with Crippen LogP contribution >= 0.6 is 0 Å². The highest BCUT2D eigenvalue weighted by molar-refractivity contribution is 5.98. The van der Waals surface area contributed by atoms with Crippen LogP contribution in [-0.2, 0) is 4.79 Å². The van der Waals surface area contributed by atoms with Crippen molar-refractivity contribution >= 4 is 17.5 Å². The summed E-state index contributed by atoms with van der Waals surface area (Å²) in [4.78, 5) is 29.1. The first kappa shape index (κ1) is 20.4. The number of piperidine rings is 1. The van der Waals surface area contributed by atoms with E-state index in [9.17, 15) is 9.59 Å². The third-order valence-electron chi connectivity index (χ3n) is 5.22. The Kier molecular flexibility index (Phi) is 7.60. The van der Waals surface area contributed by atoms with Gasteiger partial charge in [-0.05, 0) is 65.4 Å². The van der Waals surface area contributed by atoms with Crippen LogP contribution in [0.25, 0.3) is 0 Å². The lowest BCUT2D eigenvalue weighted by Crippen LogP contribution is -2.51. The van der Waals surface area contributed by atoms with Crippen molar-refractivity contribution in [2.45, 2.75) is 45.7 Å². The number of nitrogens with zero attached hydrogens (tertiary/aromatic N) is 2. The molecular weight excluding hydrogens is 328 g/mol. The van der Waals surface area contributed by atoms with Crippen LogP contribution in [0.4, 0.5) is 5.69 Å². The number of carbonyl (C=O) groups excluding carboxylic acids is 2. The van der Waals surface area contributed by atoms with Crippen LogP contribution in [-0.4, -0.2) is 66.9 Å². The zero-order valence-corrected chi connectivity index (χ0v) is 16.4. The molecule has 26 heavy (non-hydrogen) atoms. The Morgan fingerprint density at radius 1 is 1.31 bits per heavy atom. The van der Waals surface area contributed by atoms with E-state index in [4.69, 9.17) is 0 Å². The molecule has 1 saturated heterocycles. The van der Waals surface area contributed by atoms with E-state index in [0.29, 0.717) is 30.4 Å². The van der Waals surface area contributed by atoms with Crippen molar-refractivity contribution in [3.63, 3.8) is 0 Å². The van der Waals surface area contributed by atoms with E-state index in [1.54, 1.807) is 17.0 Å². The Hall–Kier alpha value is -1.92. The number of anilines is 1. The highest BCUT2D eigenvalue weighted by Crippen LogP contribution is 2.16. The summed E-state index contributed by atoms with van der Waals surface area (Å²) in [6, 6.07) is 7.44. The molecule has 2 amide bonds. The molecule has 1 aliphatic rings. The second-order valence-corrected chi connectivity index (χ2v) is 6.85. The maximum Gasteiger partial charge on any atom is 0.253 e. The van der Waals surface area contributed by atoms with E-state index >= 15 is 0 Å². The molecule has 6 nitrogen and oxygen atoms in total. The van der Waals surface area contributed by atoms with E-state index in [1.165, 1.54) is 0 Å². The molecule has 1 aromatic carbocycles. The first-order chi connectivity index (χ1) is 12.5. The Morgan fingerprint density at radius 2 is 2.04 bits per heavy atom. The highest BCUT2D eigenvalue weighted by Gasteiger charge is 2.26. The molecule has 0 aliphatic carbocycles. The molecule has 1 aromatic rings. The molecule has 0 spiro atoms. The van der Waals surface area contributed by atoms with Gasteiger partial charge in [-0.3, -0.25) is 14.5 Å². The van der Waals surface area contributed by atoms with Gasteiger partial charge in [-0.2, -0.15) is 0 Å². The van der Waals surface area contributed by atoms with Crippen molar-refractivity contribution in [3.05, 3.63) is 29.8 Å². The van der Waals surface area contributed by atoms with Crippen LogP contribution in [0.3, 0.4) is 0 Å². The molecule has 0 radical (unpaired) electrons. The average molecular weight is 361 g/mol. The summed E-state index contributed by atoms with van der Waals surface area (Å²) in [6.45, 7) is 9.03. The summed E-state index contributed by atoms with van der Waals surface area (Å²) in [5.41, 5.74) is 1.27. The first-order valence-electron chi connectivity index (χ1n) is 9.61. The van der Waals surface area contributed by atoms with Gasteiger partial charge in [0.15, 0.2) is 0 Å². The number of likely N-dealkylation sites (N-methyl/N-ethyl adjacent to an activating group) is 1. The summed E-state index contributed by atoms with van der Waals surface area (Å²) in [6.07, 6.45) is 2.24. The molecule has 2 N–H and O–H groups in total. The van der Waals surface area contributed by atoms with Crippen LogP contribution in [0.15, 0.2) is 24.3 Å². The van der Waals surface area contributed by atoms with Crippen molar-refractivity contribution in [1.29, 1.82) is 0 Å². The lowest BCUT2D eigenvalue weighted by molar-refractivity contribution is -0.121. The lowest BCUT2D eigenvalue weighted by atomic mass is 10.0. The SMILES string of the molecule is CCN(CC)C(=O)c1cccc(NC(=O)C(C)N2CCCC(NC)C2)c1. The number of carbonyl (C=O) groups is 2. The van der Waals surface area contributed by atoms with Crippen molar-refractivity contribution < 1.29 is 9.59 Å². The van der Waals surface area contributed by atoms with Crippen LogP contribution in [0.1, 0.15) is 44.0 Å². The Balaban J connectivity index is 2.02. The van der Waals surface area contributed by atoms with Crippen molar-refractivity contribution in [2.24, 2.45) is 0 Å². The van der Waals surface area contributed by atoms with Crippen molar-refractivity contribution in [2.75, 3.05) is 38.5 Å². The van der Waals surface area contributed by atoms with Crippen molar-refractivity contribution in [3.8, 4) is 0 Å². The second-order valence-electron chi connectivity index (χ2n) is 6.85. The topological polar surface area (TPSA) is 64.7 Å². The van der Waals surface area contributed by atoms with Gasteiger partial charge in [0.2, 0.25) is 5.91 Å². The predicted molar refractivity (Wildman–Crippen MR) is 105 cm³/mol. The normalized spacial score (nSPS) is 19.0. The third kappa shape index (κ3) is 5.05. The van der Waals surface area contributed by atoms with Crippen LogP contribution in [0.5, 0.6) is 0 Å². The monoisotopic (exact) mass is 360 g/mol. The number of likely N-dealkylation sites (tertiary alicyclic amines) is 1. The maximum absolute atomic E-state index is 12.7. The quantitative estimate of drug-likeness (QED) is 0.782. The van der Waals surface area contributed by atoms with Gasteiger partial charge in [-0.15, -0.1) is 0 Å². The first-order valence-corrected chi connectivity index (χ1v) is 9.61. The van der Waals surface area contributed by atoms with Gasteiger partial charge in [0.1, 0.15) is 0 Å². The smallest absolute Gasteiger partial charge is 0.253 e. The average Bonchev–Trinajstić information content (AvgIpc) is 2.68. The van der Waals surface area contributed by atoms with Crippen LogP contribution < -0.4 is 10.6 Å². The minimum atomic E-state index is -0.201. The Bertz CT molecular complexity index is 616. The Morgan fingerprint density at radius 3 is 2.69 bits per heavy atom. The summed E-state index contributed by atoms with van der Waals surface area (Å²) in [5, 5.41) is 6.27. The van der Waals surface area contributed by atoms with Gasteiger partial charge < -0.3 is 15.5 Å². The molecule has 2 unspecified atom stereocenters. The summed E-state index contributed by atoms with van der Waals surface area (Å²) >= 11 is 0. The predicted octanol–water partition coefficient (Wildman–Crippen LogP) is 2.18. The largest absolute Gasteiger partial charge is 0.339 e. The second kappa shape index (κ2) is 9.69. The molecule has 0 bridgehead atoms. The maximum atomic E-state index is 12.7. The van der Waals surface area contributed by atoms with Gasteiger partial charge >= 0.3 is 0 Å². The van der Waals surface area contributed by atoms with Gasteiger partial charge in [0.25, 0.3) is 5.91 Å². The number of hydrogen-bond acceptors (Lipinski definition) is 4. The molecule has 1 aliphatic heterocycles. The number of nitrogens with one attached hydrogen (secondary N) is 2. The molecular formula is C20H32N4O2. The van der Waals surface area contributed by atoms with Gasteiger partial charge in [0, 0.05) is 36.9 Å². The standard InChI is InChI=1S/C20H32N4O2/c1-5-23(6-2)20(26)16-9-7-10-17(13-16)22-19(25)15(3)24-12-8-11-18(14-24)21-4/h7,9-10,13,15,18,21H,5-6,8,11-12,14H2,1-4H3,(H,22,25). The molecule has 1 heterocycles. The van der Waals surface area contributed by atoms with Gasteiger partial charge in [-0.1, -0.05) is 6.07 Å². The highest BCUT2D eigenvalue weighted by atomic mass is 16.2. The summed E-state index contributed by atoms with van der Waals surface area (Å²) in [7, 11) is 1.97. The molecule has 0 saturated carbocycles. The van der Waals surface area contributed by atoms with E-state index in [2.05, 4.69) is 15.5 Å². The van der Waals surface area contributed by atoms with E-state index in [1.807, 2.05) is 40.0 Å². The molecule has 0 aromatic heterocycles. The van der Waals surface area contributed by atoms with Crippen LogP contribution in [0, 0.1) is 0 Å². The molecule has 144 valence electrons. The van der Waals surface area contributed by atoms with E-state index in [0.717, 1.165) is 25.9 Å². The number of benzene rings is 1. The Labute approximate surface area is 156 Å². The molecule has 1 fully saturated rings. The minimum absolute atomic E-state index is 0.00737. The third-order valence-corrected chi connectivity index (χ3v) is 5.22. The molecule has 2 atom stereocenters. The van der Waals surface area contributed by atoms with Gasteiger partial charge in [0.05, 0.1) is 6.04 Å². The fourth-order valence-corrected chi connectivity index (χ4v) is 3.43. The van der Waals surface area contributed by atoms with Crippen molar-refractivity contribution in [1.82, 2.24) is 15.1 Å². The zero-order valence-electron chi connectivity index (χ0n) is 16.4. The van der Waals surface area contributed by atoms with Crippen LogP contribution in [0.2, 0.25) is 0 Å². The fraction of sp³-hybridized carbons (Fsp3) is 0.600. The summed E-state index contributed by atoms with van der Waals surface area (Å²) < 4.78 is 0. The van der Waals surface area contributed by atoms with Gasteiger partial charge in [-0.25, -0.2) is 0 Å². The molecule has 2 rings (SSSR count). The number of hydrogen-bond donors (Lipinski definition) is 2. The number of rotatable bonds is 7. The molecule has 6 heteroatoms. The van der Waals surface area contributed by atoms with E-state index in [-0.39, 0.29) is 17.9 Å². The minimum Gasteiger partial charge on any atom is -0.339 e. The number of amides is 2. The fourth-order valence-electron chi connectivity index (χ4n) is 3.43. The van der Waals surface area contributed by atoms with E-state index < -0.39 is 0 Å².